The lowest BCUT2D eigenvalue weighted by Gasteiger charge is -2.33. The summed E-state index contributed by atoms with van der Waals surface area (Å²) in [5.74, 6) is 0.438. The first-order chi connectivity index (χ1) is 13.5. The van der Waals surface area contributed by atoms with Crippen LogP contribution < -0.4 is 10.6 Å². The molecule has 0 spiro atoms. The van der Waals surface area contributed by atoms with Crippen LogP contribution in [0, 0.1) is 6.92 Å². The van der Waals surface area contributed by atoms with E-state index in [1.54, 1.807) is 30.9 Å². The van der Waals surface area contributed by atoms with Crippen molar-refractivity contribution in [3.8, 4) is 5.69 Å². The number of hydrogen-bond donors (Lipinski definition) is 2. The Morgan fingerprint density at radius 1 is 1.18 bits per heavy atom. The van der Waals surface area contributed by atoms with Crippen LogP contribution in [0.5, 0.6) is 0 Å². The molecule has 1 saturated carbocycles. The van der Waals surface area contributed by atoms with Crippen molar-refractivity contribution in [1.29, 1.82) is 0 Å². The first-order valence-electron chi connectivity index (χ1n) is 9.38. The Hall–Kier alpha value is -3.29. The van der Waals surface area contributed by atoms with Gasteiger partial charge in [-0.2, -0.15) is 15.0 Å². The van der Waals surface area contributed by atoms with E-state index in [9.17, 15) is 4.79 Å². The molecule has 1 aliphatic carbocycles. The molecule has 1 amide bonds. The molecule has 0 radical (unpaired) electrons. The molecule has 4 rings (SSSR count). The summed E-state index contributed by atoms with van der Waals surface area (Å²) in [5.41, 5.74) is 1.89. The number of nitrogens with zero attached hydrogens (tertiary/aromatic N) is 5. The molecule has 2 aromatic heterocycles. The highest BCUT2D eigenvalue weighted by Crippen LogP contribution is 2.32. The highest BCUT2D eigenvalue weighted by Gasteiger charge is 2.40. The Kier molecular flexibility index (Phi) is 4.77. The standard InChI is InChI=1S/C20H23N7O/c1-14-12-21-19(22-13-14)26-20(2)9-5-8-17(20)25-18(28)15-6-3-4-7-16(15)27-23-10-11-24-27/h3-4,6-7,10-13,17H,5,8-9H2,1-2H3,(H,25,28)(H,21,22,26). The van der Waals surface area contributed by atoms with E-state index in [1.165, 1.54) is 4.80 Å². The third-order valence-corrected chi connectivity index (χ3v) is 5.22. The number of nitrogens with one attached hydrogen (secondary N) is 2. The van der Waals surface area contributed by atoms with E-state index in [4.69, 9.17) is 0 Å². The van der Waals surface area contributed by atoms with Gasteiger partial charge < -0.3 is 10.6 Å². The first kappa shape index (κ1) is 18.1. The monoisotopic (exact) mass is 377 g/mol. The molecule has 1 aromatic carbocycles. The Bertz CT molecular complexity index is 955. The van der Waals surface area contributed by atoms with Gasteiger partial charge >= 0.3 is 0 Å². The van der Waals surface area contributed by atoms with Crippen LogP contribution in [0.3, 0.4) is 0 Å². The molecule has 0 aliphatic heterocycles. The normalized spacial score (nSPS) is 21.4. The van der Waals surface area contributed by atoms with Crippen LogP contribution in [0.1, 0.15) is 42.1 Å². The molecular weight excluding hydrogens is 354 g/mol. The Morgan fingerprint density at radius 3 is 2.64 bits per heavy atom. The summed E-state index contributed by atoms with van der Waals surface area (Å²) >= 11 is 0. The molecule has 2 atom stereocenters. The number of carbonyl (C=O) groups is 1. The largest absolute Gasteiger partial charge is 0.347 e. The lowest BCUT2D eigenvalue weighted by molar-refractivity contribution is 0.0926. The number of para-hydroxylation sites is 1. The molecule has 144 valence electrons. The fraction of sp³-hybridized carbons (Fsp3) is 0.350. The van der Waals surface area contributed by atoms with Gasteiger partial charge in [0.1, 0.15) is 0 Å². The molecule has 2 unspecified atom stereocenters. The molecule has 8 nitrogen and oxygen atoms in total. The highest BCUT2D eigenvalue weighted by atomic mass is 16.1. The van der Waals surface area contributed by atoms with Crippen molar-refractivity contribution in [2.24, 2.45) is 0 Å². The minimum atomic E-state index is -0.316. The van der Waals surface area contributed by atoms with Gasteiger partial charge in [0.05, 0.1) is 35.2 Å². The number of aryl methyl sites for hydroxylation is 1. The molecule has 0 saturated heterocycles. The van der Waals surface area contributed by atoms with Crippen LogP contribution in [0.25, 0.3) is 5.69 Å². The van der Waals surface area contributed by atoms with Gasteiger partial charge in [0.25, 0.3) is 5.91 Å². The van der Waals surface area contributed by atoms with E-state index in [0.29, 0.717) is 17.2 Å². The summed E-state index contributed by atoms with van der Waals surface area (Å²) in [6, 6.07) is 7.29. The van der Waals surface area contributed by atoms with Crippen molar-refractivity contribution >= 4 is 11.9 Å². The van der Waals surface area contributed by atoms with E-state index in [2.05, 4.69) is 37.7 Å². The van der Waals surface area contributed by atoms with Gasteiger partial charge in [-0.3, -0.25) is 4.79 Å². The number of carbonyl (C=O) groups excluding carboxylic acids is 1. The van der Waals surface area contributed by atoms with E-state index in [1.807, 2.05) is 25.1 Å². The number of hydrogen-bond acceptors (Lipinski definition) is 6. The lowest BCUT2D eigenvalue weighted by Crippen LogP contribution is -2.52. The van der Waals surface area contributed by atoms with E-state index < -0.39 is 0 Å². The van der Waals surface area contributed by atoms with Gasteiger partial charge in [-0.1, -0.05) is 12.1 Å². The summed E-state index contributed by atoms with van der Waals surface area (Å²) in [4.78, 5) is 23.2. The SMILES string of the molecule is Cc1cnc(NC2(C)CCCC2NC(=O)c2ccccc2-n2nccn2)nc1. The smallest absolute Gasteiger partial charge is 0.253 e. The van der Waals surface area contributed by atoms with Crippen molar-refractivity contribution in [2.45, 2.75) is 44.7 Å². The van der Waals surface area contributed by atoms with E-state index in [0.717, 1.165) is 24.8 Å². The maximum atomic E-state index is 13.1. The molecule has 28 heavy (non-hydrogen) atoms. The molecule has 2 heterocycles. The van der Waals surface area contributed by atoms with Crippen molar-refractivity contribution in [2.75, 3.05) is 5.32 Å². The van der Waals surface area contributed by atoms with Crippen molar-refractivity contribution in [3.63, 3.8) is 0 Å². The predicted octanol–water partition coefficient (Wildman–Crippen LogP) is 2.52. The molecule has 1 aliphatic rings. The topological polar surface area (TPSA) is 97.6 Å². The van der Waals surface area contributed by atoms with Gasteiger partial charge in [0.2, 0.25) is 5.95 Å². The Balaban J connectivity index is 1.53. The zero-order valence-electron chi connectivity index (χ0n) is 16.0. The third-order valence-electron chi connectivity index (χ3n) is 5.22. The summed E-state index contributed by atoms with van der Waals surface area (Å²) in [7, 11) is 0. The maximum Gasteiger partial charge on any atom is 0.253 e. The number of anilines is 1. The first-order valence-corrected chi connectivity index (χ1v) is 9.38. The maximum absolute atomic E-state index is 13.1. The fourth-order valence-corrected chi connectivity index (χ4v) is 3.68. The second-order valence-corrected chi connectivity index (χ2v) is 7.38. The van der Waals surface area contributed by atoms with Crippen LogP contribution in [0.4, 0.5) is 5.95 Å². The number of rotatable bonds is 5. The Morgan fingerprint density at radius 2 is 1.89 bits per heavy atom. The molecule has 1 fully saturated rings. The summed E-state index contributed by atoms with van der Waals surface area (Å²) < 4.78 is 0. The van der Waals surface area contributed by atoms with Crippen LogP contribution in [-0.4, -0.2) is 42.4 Å². The van der Waals surface area contributed by atoms with Crippen LogP contribution in [-0.2, 0) is 0 Å². The number of benzene rings is 1. The third kappa shape index (κ3) is 3.58. The van der Waals surface area contributed by atoms with Gasteiger partial charge in [-0.25, -0.2) is 9.97 Å². The van der Waals surface area contributed by atoms with Gasteiger partial charge in [-0.05, 0) is 50.8 Å². The predicted molar refractivity (Wildman–Crippen MR) is 105 cm³/mol. The average molecular weight is 377 g/mol. The molecular formula is C20H23N7O. The summed E-state index contributed by atoms with van der Waals surface area (Å²) in [6.07, 6.45) is 9.59. The van der Waals surface area contributed by atoms with Crippen molar-refractivity contribution < 1.29 is 4.79 Å². The minimum Gasteiger partial charge on any atom is -0.347 e. The van der Waals surface area contributed by atoms with E-state index in [-0.39, 0.29) is 17.5 Å². The zero-order valence-corrected chi connectivity index (χ0v) is 16.0. The fourth-order valence-electron chi connectivity index (χ4n) is 3.68. The lowest BCUT2D eigenvalue weighted by atomic mass is 9.95. The minimum absolute atomic E-state index is 0.0384. The zero-order chi connectivity index (χ0) is 19.6. The van der Waals surface area contributed by atoms with Crippen LogP contribution >= 0.6 is 0 Å². The van der Waals surface area contributed by atoms with Gasteiger partial charge in [0.15, 0.2) is 0 Å². The van der Waals surface area contributed by atoms with Crippen molar-refractivity contribution in [3.05, 3.63) is 60.2 Å². The molecule has 2 N–H and O–H groups in total. The average Bonchev–Trinajstić information content (AvgIpc) is 3.34. The second-order valence-electron chi connectivity index (χ2n) is 7.38. The van der Waals surface area contributed by atoms with Gasteiger partial charge in [-0.15, -0.1) is 0 Å². The van der Waals surface area contributed by atoms with Crippen LogP contribution in [0.2, 0.25) is 0 Å². The summed E-state index contributed by atoms with van der Waals surface area (Å²) in [5, 5.41) is 14.9. The molecule has 3 aromatic rings. The van der Waals surface area contributed by atoms with Crippen LogP contribution in [0.15, 0.2) is 49.1 Å². The Labute approximate surface area is 163 Å². The second kappa shape index (κ2) is 7.38. The number of amides is 1. The number of aromatic nitrogens is 5. The quantitative estimate of drug-likeness (QED) is 0.709. The van der Waals surface area contributed by atoms with Gasteiger partial charge in [0, 0.05) is 12.4 Å². The highest BCUT2D eigenvalue weighted by molar-refractivity contribution is 5.98. The van der Waals surface area contributed by atoms with Crippen molar-refractivity contribution in [1.82, 2.24) is 30.3 Å². The van der Waals surface area contributed by atoms with E-state index >= 15 is 0 Å². The molecule has 0 bridgehead atoms. The summed E-state index contributed by atoms with van der Waals surface area (Å²) in [6.45, 7) is 4.06. The molecule has 8 heteroatoms.